The Balaban J connectivity index is 2.06. The maximum absolute atomic E-state index is 13.9. The Morgan fingerprint density at radius 3 is 2.16 bits per heavy atom. The first-order valence-corrected chi connectivity index (χ1v) is 12.1. The van der Waals surface area contributed by atoms with Gasteiger partial charge in [-0.15, -0.1) is 0 Å². The number of hydrogen-bond acceptors (Lipinski definition) is 10. The van der Waals surface area contributed by atoms with Crippen LogP contribution in [0, 0.1) is 17.8 Å². The number of phenols is 1. The minimum atomic E-state index is -2.89. The number of carbonyl (C=O) groups is 3. The summed E-state index contributed by atoms with van der Waals surface area (Å²) in [5.74, 6) is -10.1. The highest BCUT2D eigenvalue weighted by molar-refractivity contribution is 6.16. The maximum Gasteiger partial charge on any atom is 0.230 e. The van der Waals surface area contributed by atoms with Gasteiger partial charge in [-0.1, -0.05) is 27.7 Å². The number of fused-ring (bicyclic) bond motifs is 3. The molecule has 0 bridgehead atoms. The van der Waals surface area contributed by atoms with Crippen LogP contribution in [0.25, 0.3) is 0 Å². The summed E-state index contributed by atoms with van der Waals surface area (Å²) in [6, 6.07) is 0.378. The van der Waals surface area contributed by atoms with Gasteiger partial charge in [-0.25, -0.2) is 0 Å². The number of amides is 1. The van der Waals surface area contributed by atoms with Crippen molar-refractivity contribution < 1.29 is 39.9 Å². The number of hydrogen-bond donors (Lipinski definition) is 7. The number of nitrogens with zero attached hydrogens (tertiary/aromatic N) is 1. The van der Waals surface area contributed by atoms with Gasteiger partial charge >= 0.3 is 0 Å². The van der Waals surface area contributed by atoms with Crippen molar-refractivity contribution in [2.45, 2.75) is 62.9 Å². The Hall–Kier alpha value is -2.99. The van der Waals surface area contributed by atoms with Crippen molar-refractivity contribution in [3.05, 3.63) is 34.1 Å². The predicted molar refractivity (Wildman–Crippen MR) is 133 cm³/mol. The molecule has 9 N–H and O–H groups in total. The number of aliphatic hydroxyl groups is 4. The van der Waals surface area contributed by atoms with E-state index in [-0.39, 0.29) is 22.6 Å². The first-order valence-electron chi connectivity index (χ1n) is 12.1. The minimum absolute atomic E-state index is 0.177. The molecule has 37 heavy (non-hydrogen) atoms. The summed E-state index contributed by atoms with van der Waals surface area (Å²) in [6.45, 7) is 7.11. The lowest BCUT2D eigenvalue weighted by Crippen LogP contribution is -2.74. The zero-order valence-corrected chi connectivity index (χ0v) is 21.7. The van der Waals surface area contributed by atoms with Crippen molar-refractivity contribution in [1.82, 2.24) is 4.90 Å². The number of ketones is 2. The van der Waals surface area contributed by atoms with E-state index in [0.717, 1.165) is 0 Å². The van der Waals surface area contributed by atoms with E-state index >= 15 is 0 Å². The van der Waals surface area contributed by atoms with E-state index in [2.05, 4.69) is 0 Å². The molecule has 0 radical (unpaired) electrons. The highest BCUT2D eigenvalue weighted by Gasteiger charge is 2.69. The monoisotopic (exact) mass is 517 g/mol. The molecule has 0 saturated heterocycles. The van der Waals surface area contributed by atoms with Crippen molar-refractivity contribution in [3.63, 3.8) is 0 Å². The molecule has 3 aliphatic rings. The number of rotatable bonds is 2. The Bertz CT molecular complexity index is 1250. The molecular weight excluding hydrogens is 482 g/mol. The Labute approximate surface area is 214 Å². The van der Waals surface area contributed by atoms with Gasteiger partial charge in [0.1, 0.15) is 17.4 Å². The number of carbonyl (C=O) groups excluding carboxylic acids is 3. The largest absolute Gasteiger partial charge is 0.508 e. The number of aromatic hydroxyl groups is 1. The van der Waals surface area contributed by atoms with Gasteiger partial charge in [0.15, 0.2) is 17.2 Å². The number of Topliss-reactive ketones (excluding diaryl/α,β-unsaturated/α-hetero) is 2. The topological polar surface area (TPSA) is 208 Å². The molecule has 0 aliphatic heterocycles. The summed E-state index contributed by atoms with van der Waals surface area (Å²) in [6.07, 6.45) is -3.33. The lowest BCUT2D eigenvalue weighted by Gasteiger charge is -2.56. The smallest absolute Gasteiger partial charge is 0.230 e. The summed E-state index contributed by atoms with van der Waals surface area (Å²) in [4.78, 5) is 40.9. The summed E-state index contributed by atoms with van der Waals surface area (Å²) in [5, 5.41) is 57.0. The molecule has 8 atom stereocenters. The molecular formula is C26H35N3O8. The second-order valence-corrected chi connectivity index (χ2v) is 11.8. The lowest BCUT2D eigenvalue weighted by molar-refractivity contribution is -0.194. The third-order valence-corrected chi connectivity index (χ3v) is 8.43. The standard InChI is InChI=1S/C26H35N3O8/c1-8-11-10(27)7-9(25(2,3)4)18(30)13(11)19(31)14-12(8)20(32)16-17(29(5)6)21(33)15(24(28)36)23(35)26(16,37)22(14)34/h7-8,12,15-17,20-21,30,32-34,37H,27H2,1-6H3,(H2,28,36)/t8-,12+,15?,16+,17-,20-,21?,26-/m0/s1. The van der Waals surface area contributed by atoms with Gasteiger partial charge in [0.25, 0.3) is 0 Å². The van der Waals surface area contributed by atoms with Gasteiger partial charge in [-0.05, 0) is 37.1 Å². The molecule has 0 spiro atoms. The Morgan fingerprint density at radius 1 is 1.11 bits per heavy atom. The van der Waals surface area contributed by atoms with Crippen LogP contribution in [0.4, 0.5) is 5.69 Å². The number of phenolic OH excluding ortho intramolecular Hbond substituents is 1. The molecule has 1 aromatic carbocycles. The first-order chi connectivity index (χ1) is 16.9. The molecule has 1 saturated carbocycles. The first kappa shape index (κ1) is 27.1. The third-order valence-electron chi connectivity index (χ3n) is 8.43. The molecule has 0 heterocycles. The van der Waals surface area contributed by atoms with Crippen LogP contribution in [0.15, 0.2) is 17.4 Å². The van der Waals surface area contributed by atoms with Crippen LogP contribution >= 0.6 is 0 Å². The zero-order valence-electron chi connectivity index (χ0n) is 21.7. The fraction of sp³-hybridized carbons (Fsp3) is 0.577. The van der Waals surface area contributed by atoms with Gasteiger partial charge in [0.05, 0.1) is 17.8 Å². The van der Waals surface area contributed by atoms with Crippen LogP contribution in [0.1, 0.15) is 55.1 Å². The molecule has 1 aromatic rings. The van der Waals surface area contributed by atoms with Gasteiger partial charge in [0.2, 0.25) is 5.91 Å². The minimum Gasteiger partial charge on any atom is -0.508 e. The molecule has 1 amide bonds. The number of nitrogen functional groups attached to an aromatic ring is 1. The van der Waals surface area contributed by atoms with Gasteiger partial charge in [0, 0.05) is 34.7 Å². The molecule has 11 nitrogen and oxygen atoms in total. The molecule has 11 heteroatoms. The normalized spacial score (nSPS) is 35.8. The number of anilines is 1. The number of primary amides is 1. The number of benzene rings is 1. The van der Waals surface area contributed by atoms with E-state index in [4.69, 9.17) is 11.5 Å². The average molecular weight is 518 g/mol. The summed E-state index contributed by atoms with van der Waals surface area (Å²) in [5.41, 5.74) is 8.50. The highest BCUT2D eigenvalue weighted by Crippen LogP contribution is 2.57. The summed E-state index contributed by atoms with van der Waals surface area (Å²) in [7, 11) is 3.03. The predicted octanol–water partition coefficient (Wildman–Crippen LogP) is -0.303. The van der Waals surface area contributed by atoms with Crippen molar-refractivity contribution in [2.24, 2.45) is 23.5 Å². The zero-order chi connectivity index (χ0) is 28.1. The second-order valence-electron chi connectivity index (χ2n) is 11.8. The van der Waals surface area contributed by atoms with Crippen LogP contribution in [-0.2, 0) is 15.0 Å². The fourth-order valence-electron chi connectivity index (χ4n) is 6.74. The van der Waals surface area contributed by atoms with Crippen LogP contribution in [0.5, 0.6) is 5.75 Å². The fourth-order valence-corrected chi connectivity index (χ4v) is 6.74. The number of likely N-dealkylation sites (N-methyl/N-ethyl adjacent to an activating group) is 1. The Morgan fingerprint density at radius 2 is 1.68 bits per heavy atom. The highest BCUT2D eigenvalue weighted by atomic mass is 16.4. The van der Waals surface area contributed by atoms with Crippen LogP contribution in [0.3, 0.4) is 0 Å². The lowest BCUT2D eigenvalue weighted by atomic mass is 9.53. The SMILES string of the molecule is C[C@H]1c2c(N)cc(C(C)(C)C)c(O)c2C(=O)C2=C(O)[C@]3(O)C(=O)C(C(N)=O)C(O)[C@@H](N(C)C)[C@@H]3[C@@H](O)[C@@H]21. The van der Waals surface area contributed by atoms with Gasteiger partial charge in [-0.3, -0.25) is 14.4 Å². The molecule has 4 rings (SSSR count). The van der Waals surface area contributed by atoms with Crippen molar-refractivity contribution in [1.29, 1.82) is 0 Å². The molecule has 0 aromatic heterocycles. The molecule has 1 fully saturated rings. The average Bonchev–Trinajstić information content (AvgIpc) is 2.76. The van der Waals surface area contributed by atoms with E-state index in [1.54, 1.807) is 13.0 Å². The molecule has 2 unspecified atom stereocenters. The van der Waals surface area contributed by atoms with Crippen molar-refractivity contribution in [3.8, 4) is 5.75 Å². The molecule has 3 aliphatic carbocycles. The third kappa shape index (κ3) is 3.37. The summed E-state index contributed by atoms with van der Waals surface area (Å²) >= 11 is 0. The van der Waals surface area contributed by atoms with E-state index in [0.29, 0.717) is 5.56 Å². The van der Waals surface area contributed by atoms with Crippen molar-refractivity contribution >= 4 is 23.2 Å². The second kappa shape index (κ2) is 8.26. The number of aliphatic hydroxyl groups excluding tert-OH is 3. The quantitative estimate of drug-likeness (QED) is 0.155. The van der Waals surface area contributed by atoms with E-state index in [1.807, 2.05) is 20.8 Å². The van der Waals surface area contributed by atoms with E-state index < -0.39 is 81.7 Å². The van der Waals surface area contributed by atoms with Crippen LogP contribution in [0.2, 0.25) is 0 Å². The van der Waals surface area contributed by atoms with Crippen molar-refractivity contribution in [2.75, 3.05) is 19.8 Å². The Kier molecular flexibility index (Phi) is 6.04. The van der Waals surface area contributed by atoms with Crippen LogP contribution in [-0.4, -0.2) is 85.9 Å². The number of nitrogens with two attached hydrogens (primary N) is 2. The molecule has 202 valence electrons. The van der Waals surface area contributed by atoms with Gasteiger partial charge < -0.3 is 41.9 Å². The van der Waals surface area contributed by atoms with Crippen LogP contribution < -0.4 is 11.5 Å². The maximum atomic E-state index is 13.9. The van der Waals surface area contributed by atoms with E-state index in [1.165, 1.54) is 19.0 Å². The van der Waals surface area contributed by atoms with E-state index in [9.17, 15) is 39.9 Å². The van der Waals surface area contributed by atoms with Gasteiger partial charge in [-0.2, -0.15) is 0 Å². The summed E-state index contributed by atoms with van der Waals surface area (Å²) < 4.78 is 0.